The highest BCUT2D eigenvalue weighted by molar-refractivity contribution is 6.37. The lowest BCUT2D eigenvalue weighted by atomic mass is 10.4. The number of rotatable bonds is 5. The van der Waals surface area contributed by atoms with E-state index in [1.54, 1.807) is 14.2 Å². The van der Waals surface area contributed by atoms with Crippen LogP contribution in [0.2, 0.25) is 6.04 Å². The Morgan fingerprint density at radius 3 is 2.86 bits per heavy atom. The molecule has 0 radical (unpaired) electrons. The minimum Gasteiger partial charge on any atom is -0.363 e. The van der Waals surface area contributed by atoms with Crippen molar-refractivity contribution in [3.8, 4) is 0 Å². The molecule has 0 spiro atoms. The first kappa shape index (κ1) is 12.1. The molecule has 84 valence electrons. The van der Waals surface area contributed by atoms with Crippen molar-refractivity contribution in [1.82, 2.24) is 10.4 Å². The van der Waals surface area contributed by atoms with Gasteiger partial charge in [-0.2, -0.15) is 5.06 Å². The molecule has 0 aliphatic carbocycles. The largest absolute Gasteiger partial charge is 0.363 e. The molecule has 1 N–H and O–H groups in total. The first-order valence-corrected chi connectivity index (χ1v) is 7.22. The average Bonchev–Trinajstić information content (AvgIpc) is 2.25. The van der Waals surface area contributed by atoms with Gasteiger partial charge < -0.3 is 10.1 Å². The summed E-state index contributed by atoms with van der Waals surface area (Å²) in [5, 5.41) is 5.48. The van der Waals surface area contributed by atoms with Gasteiger partial charge in [0.15, 0.2) is 0 Å². The van der Waals surface area contributed by atoms with Crippen LogP contribution >= 0.6 is 0 Å². The van der Waals surface area contributed by atoms with Gasteiger partial charge in [0.05, 0.1) is 7.11 Å². The Labute approximate surface area is 88.7 Å². The molecule has 1 rings (SSSR count). The number of methoxy groups -OCH3 is 1. The molecule has 0 bridgehead atoms. The van der Waals surface area contributed by atoms with Gasteiger partial charge in [-0.05, 0) is 0 Å². The number of nitrogens with zero attached hydrogens (tertiary/aromatic N) is 1. The monoisotopic (exact) mass is 218 g/mol. The summed E-state index contributed by atoms with van der Waals surface area (Å²) in [5.41, 5.74) is 0.536. The van der Waals surface area contributed by atoms with Crippen molar-refractivity contribution < 1.29 is 9.57 Å². The lowest BCUT2D eigenvalue weighted by Gasteiger charge is -2.39. The molecule has 1 aliphatic rings. The minimum absolute atomic E-state index is 0.0918. The summed E-state index contributed by atoms with van der Waals surface area (Å²) in [6, 6.07) is 1.37. The fourth-order valence-corrected chi connectivity index (χ4v) is 3.90. The Bertz CT molecular complexity index is 160. The first-order valence-electron chi connectivity index (χ1n) is 5.40. The van der Waals surface area contributed by atoms with Crippen LogP contribution in [0.5, 0.6) is 0 Å². The van der Waals surface area contributed by atoms with Crippen LogP contribution in [-0.4, -0.2) is 53.8 Å². The Kier molecular flexibility index (Phi) is 5.65. The molecular weight excluding hydrogens is 196 g/mol. The third-order valence-corrected chi connectivity index (χ3v) is 5.14. The molecule has 0 aromatic rings. The van der Waals surface area contributed by atoms with Crippen LogP contribution in [0.25, 0.3) is 0 Å². The first-order chi connectivity index (χ1) is 6.83. The maximum atomic E-state index is 5.48. The molecule has 0 aromatic carbocycles. The Morgan fingerprint density at radius 1 is 1.50 bits per heavy atom. The SMILES string of the molecule is CCC[SiH2]C1NCCN(OC)C1OC. The van der Waals surface area contributed by atoms with E-state index in [0.717, 1.165) is 13.1 Å². The fraction of sp³-hybridized carbons (Fsp3) is 1.00. The maximum absolute atomic E-state index is 5.48. The molecule has 0 aromatic heterocycles. The van der Waals surface area contributed by atoms with Gasteiger partial charge in [0.25, 0.3) is 0 Å². The van der Waals surface area contributed by atoms with Crippen LogP contribution in [0.3, 0.4) is 0 Å². The third-order valence-electron chi connectivity index (χ3n) is 2.71. The quantitative estimate of drug-likeness (QED) is 0.645. The van der Waals surface area contributed by atoms with Crippen LogP contribution in [0.15, 0.2) is 0 Å². The molecule has 4 nitrogen and oxygen atoms in total. The second-order valence-corrected chi connectivity index (χ2v) is 5.82. The van der Waals surface area contributed by atoms with E-state index >= 15 is 0 Å². The van der Waals surface area contributed by atoms with Crippen molar-refractivity contribution in [2.45, 2.75) is 31.3 Å². The highest BCUT2D eigenvalue weighted by Crippen LogP contribution is 2.10. The molecule has 1 saturated heterocycles. The standard InChI is InChI=1S/C9H22N2O2Si/c1-4-7-14-8-9(12-2)11(13-3)6-5-10-8/h8-10H,4-7,14H2,1-3H3. The predicted molar refractivity (Wildman–Crippen MR) is 59.9 cm³/mol. The number of hydrogen-bond acceptors (Lipinski definition) is 4. The Balaban J connectivity index is 2.45. The topological polar surface area (TPSA) is 33.7 Å². The smallest absolute Gasteiger partial charge is 0.144 e. The summed E-state index contributed by atoms with van der Waals surface area (Å²) < 4.78 is 5.48. The van der Waals surface area contributed by atoms with E-state index in [-0.39, 0.29) is 15.7 Å². The highest BCUT2D eigenvalue weighted by Gasteiger charge is 2.30. The second kappa shape index (κ2) is 6.52. The summed E-state index contributed by atoms with van der Waals surface area (Å²) in [4.78, 5) is 5.30. The molecule has 2 atom stereocenters. The zero-order valence-electron chi connectivity index (χ0n) is 9.45. The summed E-state index contributed by atoms with van der Waals surface area (Å²) in [6.07, 6.45) is 1.40. The van der Waals surface area contributed by atoms with E-state index in [1.807, 2.05) is 5.06 Å². The van der Waals surface area contributed by atoms with Crippen molar-refractivity contribution >= 4 is 9.52 Å². The molecule has 14 heavy (non-hydrogen) atoms. The van der Waals surface area contributed by atoms with Crippen molar-refractivity contribution in [2.75, 3.05) is 27.3 Å². The van der Waals surface area contributed by atoms with Crippen LogP contribution < -0.4 is 5.32 Å². The van der Waals surface area contributed by atoms with E-state index < -0.39 is 0 Å². The lowest BCUT2D eigenvalue weighted by molar-refractivity contribution is -0.241. The average molecular weight is 218 g/mol. The third kappa shape index (κ3) is 3.03. The van der Waals surface area contributed by atoms with E-state index in [1.165, 1.54) is 12.5 Å². The van der Waals surface area contributed by atoms with Gasteiger partial charge in [-0.3, -0.25) is 4.84 Å². The summed E-state index contributed by atoms with van der Waals surface area (Å²) >= 11 is 0. The van der Waals surface area contributed by atoms with Gasteiger partial charge in [-0.15, -0.1) is 0 Å². The maximum Gasteiger partial charge on any atom is 0.144 e. The van der Waals surface area contributed by atoms with E-state index in [2.05, 4.69) is 12.2 Å². The van der Waals surface area contributed by atoms with Crippen molar-refractivity contribution in [1.29, 1.82) is 0 Å². The molecule has 0 saturated carbocycles. The zero-order valence-corrected chi connectivity index (χ0v) is 10.9. The van der Waals surface area contributed by atoms with Gasteiger partial charge >= 0.3 is 0 Å². The molecule has 1 heterocycles. The molecule has 1 fully saturated rings. The van der Waals surface area contributed by atoms with Gasteiger partial charge in [0.1, 0.15) is 6.23 Å². The normalized spacial score (nSPS) is 30.2. The van der Waals surface area contributed by atoms with E-state index in [9.17, 15) is 0 Å². The molecule has 1 aliphatic heterocycles. The van der Waals surface area contributed by atoms with E-state index in [4.69, 9.17) is 9.57 Å². The van der Waals surface area contributed by atoms with Crippen LogP contribution in [0, 0.1) is 0 Å². The Morgan fingerprint density at radius 2 is 2.29 bits per heavy atom. The number of piperazine rings is 1. The summed E-state index contributed by atoms with van der Waals surface area (Å²) in [7, 11) is 3.39. The number of hydrogen-bond donors (Lipinski definition) is 1. The minimum atomic E-state index is -0.0918. The van der Waals surface area contributed by atoms with Crippen LogP contribution in [0.1, 0.15) is 13.3 Å². The lowest BCUT2D eigenvalue weighted by Crippen LogP contribution is -2.60. The summed E-state index contributed by atoms with van der Waals surface area (Å²) in [6.45, 7) is 4.16. The van der Waals surface area contributed by atoms with E-state index in [0.29, 0.717) is 5.67 Å². The molecular formula is C9H22N2O2Si. The van der Waals surface area contributed by atoms with Crippen molar-refractivity contribution in [2.24, 2.45) is 0 Å². The van der Waals surface area contributed by atoms with Crippen LogP contribution in [-0.2, 0) is 9.57 Å². The van der Waals surface area contributed by atoms with Crippen LogP contribution in [0.4, 0.5) is 0 Å². The fourth-order valence-electron chi connectivity index (χ4n) is 1.93. The second-order valence-electron chi connectivity index (χ2n) is 3.65. The highest BCUT2D eigenvalue weighted by atomic mass is 28.2. The number of nitrogens with one attached hydrogen (secondary N) is 1. The molecule has 5 heteroatoms. The molecule has 2 unspecified atom stereocenters. The summed E-state index contributed by atoms with van der Waals surface area (Å²) in [5.74, 6) is 0. The van der Waals surface area contributed by atoms with Crippen molar-refractivity contribution in [3.05, 3.63) is 0 Å². The van der Waals surface area contributed by atoms with Gasteiger partial charge in [0, 0.05) is 35.4 Å². The number of hydroxylamine groups is 2. The molecule has 0 amide bonds. The predicted octanol–water partition coefficient (Wildman–Crippen LogP) is -0.251. The Hall–Kier alpha value is 0.0569. The van der Waals surface area contributed by atoms with Gasteiger partial charge in [0.2, 0.25) is 0 Å². The number of ether oxygens (including phenoxy) is 1. The zero-order chi connectivity index (χ0) is 10.4. The van der Waals surface area contributed by atoms with Crippen molar-refractivity contribution in [3.63, 3.8) is 0 Å². The van der Waals surface area contributed by atoms with Gasteiger partial charge in [-0.1, -0.05) is 19.4 Å². The van der Waals surface area contributed by atoms with Gasteiger partial charge in [-0.25, -0.2) is 0 Å².